The molecule has 3 atom stereocenters. The van der Waals surface area contributed by atoms with E-state index < -0.39 is 35.9 Å². The molecule has 0 radical (unpaired) electrons. The summed E-state index contributed by atoms with van der Waals surface area (Å²) < 4.78 is 0. The van der Waals surface area contributed by atoms with E-state index in [0.29, 0.717) is 17.9 Å². The molecule has 0 aliphatic rings. The van der Waals surface area contributed by atoms with E-state index in [4.69, 9.17) is 5.73 Å². The average molecular weight is 434 g/mol. The molecule has 0 saturated heterocycles. The van der Waals surface area contributed by atoms with E-state index in [1.807, 2.05) is 12.3 Å². The number of H-pyrrole nitrogens is 1. The second-order valence-corrected chi connectivity index (χ2v) is 7.80. The van der Waals surface area contributed by atoms with E-state index in [9.17, 15) is 19.5 Å². The van der Waals surface area contributed by atoms with Crippen molar-refractivity contribution in [1.29, 1.82) is 0 Å². The van der Waals surface area contributed by atoms with Crippen LogP contribution in [0.4, 0.5) is 0 Å². The number of amides is 2. The van der Waals surface area contributed by atoms with Crippen LogP contribution in [0.1, 0.15) is 17.7 Å². The normalized spacial score (nSPS) is 13.8. The van der Waals surface area contributed by atoms with Crippen LogP contribution < -0.4 is 16.4 Å². The lowest BCUT2D eigenvalue weighted by Crippen LogP contribution is -2.55. The highest BCUT2D eigenvalue weighted by Gasteiger charge is 2.28. The molecule has 0 spiro atoms. The number of carbonyl (C=O) groups excluding carboxylic acids is 2. The summed E-state index contributed by atoms with van der Waals surface area (Å²) in [5.74, 6) is -1.50. The Hall–Kier alpha value is -2.85. The van der Waals surface area contributed by atoms with Gasteiger partial charge in [-0.25, -0.2) is 9.78 Å². The van der Waals surface area contributed by atoms with Gasteiger partial charge in [-0.2, -0.15) is 11.8 Å². The zero-order valence-corrected chi connectivity index (χ0v) is 17.5. The van der Waals surface area contributed by atoms with E-state index in [0.717, 1.165) is 5.56 Å². The van der Waals surface area contributed by atoms with E-state index in [2.05, 4.69) is 20.6 Å². The van der Waals surface area contributed by atoms with Crippen LogP contribution in [0.5, 0.6) is 0 Å². The summed E-state index contributed by atoms with van der Waals surface area (Å²) in [4.78, 5) is 43.8. The zero-order chi connectivity index (χ0) is 21.9. The summed E-state index contributed by atoms with van der Waals surface area (Å²) in [6.07, 6.45) is 5.64. The molecule has 162 valence electrons. The van der Waals surface area contributed by atoms with Crippen molar-refractivity contribution in [1.82, 2.24) is 20.6 Å². The molecule has 6 N–H and O–H groups in total. The van der Waals surface area contributed by atoms with Crippen molar-refractivity contribution < 1.29 is 19.5 Å². The maximum absolute atomic E-state index is 12.9. The average Bonchev–Trinajstić information content (AvgIpc) is 3.24. The van der Waals surface area contributed by atoms with Gasteiger partial charge in [-0.3, -0.25) is 9.59 Å². The highest BCUT2D eigenvalue weighted by molar-refractivity contribution is 7.98. The first kappa shape index (κ1) is 23.4. The van der Waals surface area contributed by atoms with Gasteiger partial charge in [-0.05, 0) is 24.0 Å². The molecule has 3 unspecified atom stereocenters. The van der Waals surface area contributed by atoms with Gasteiger partial charge in [0.25, 0.3) is 0 Å². The van der Waals surface area contributed by atoms with E-state index in [-0.39, 0.29) is 12.8 Å². The van der Waals surface area contributed by atoms with Gasteiger partial charge in [0.2, 0.25) is 11.8 Å². The summed E-state index contributed by atoms with van der Waals surface area (Å²) in [5.41, 5.74) is 7.31. The van der Waals surface area contributed by atoms with E-state index in [1.54, 1.807) is 42.2 Å². The molecule has 0 aliphatic heterocycles. The fourth-order valence-electron chi connectivity index (χ4n) is 2.80. The lowest BCUT2D eigenvalue weighted by molar-refractivity contribution is -0.142. The molecule has 0 bridgehead atoms. The number of aliphatic carboxylic acids is 1. The SMILES string of the molecule is CSCCC(N)C(=O)NC(Cc1cnc[nH]1)C(=O)NC(Cc1ccccc1)C(=O)O. The van der Waals surface area contributed by atoms with Gasteiger partial charge in [0.1, 0.15) is 12.1 Å². The minimum Gasteiger partial charge on any atom is -0.480 e. The van der Waals surface area contributed by atoms with Gasteiger partial charge >= 0.3 is 5.97 Å². The van der Waals surface area contributed by atoms with Crippen molar-refractivity contribution >= 4 is 29.5 Å². The molecular formula is C20H27N5O4S. The van der Waals surface area contributed by atoms with Crippen LogP contribution >= 0.6 is 11.8 Å². The van der Waals surface area contributed by atoms with Crippen molar-refractivity contribution in [2.24, 2.45) is 5.73 Å². The lowest BCUT2D eigenvalue weighted by Gasteiger charge is -2.22. The Kier molecular flexibility index (Phi) is 9.36. The minimum atomic E-state index is -1.16. The number of carboxylic acids is 1. The molecule has 2 amide bonds. The number of rotatable bonds is 12. The first-order valence-corrected chi connectivity index (χ1v) is 10.9. The number of carbonyl (C=O) groups is 3. The molecule has 10 heteroatoms. The van der Waals surface area contributed by atoms with Gasteiger partial charge in [0.15, 0.2) is 0 Å². The van der Waals surface area contributed by atoms with Gasteiger partial charge in [-0.1, -0.05) is 30.3 Å². The van der Waals surface area contributed by atoms with Crippen molar-refractivity contribution in [3.05, 3.63) is 54.1 Å². The largest absolute Gasteiger partial charge is 0.480 e. The van der Waals surface area contributed by atoms with Crippen molar-refractivity contribution in [2.45, 2.75) is 37.4 Å². The van der Waals surface area contributed by atoms with Crippen LogP contribution in [-0.4, -0.2) is 63.0 Å². The number of aromatic nitrogens is 2. The number of carboxylic acid groups (broad SMARTS) is 1. The third-order valence-electron chi connectivity index (χ3n) is 4.48. The van der Waals surface area contributed by atoms with Crippen LogP contribution in [0, 0.1) is 0 Å². The summed E-state index contributed by atoms with van der Waals surface area (Å²) in [7, 11) is 0. The van der Waals surface area contributed by atoms with Gasteiger partial charge < -0.3 is 26.5 Å². The smallest absolute Gasteiger partial charge is 0.326 e. The van der Waals surface area contributed by atoms with Crippen LogP contribution in [0.3, 0.4) is 0 Å². The molecule has 2 aromatic rings. The standard InChI is InChI=1S/C20H27N5O4S/c1-30-8-7-15(21)18(26)24-16(10-14-11-22-12-23-14)19(27)25-17(20(28)29)9-13-5-3-2-4-6-13/h2-6,11-12,15-17H,7-10,21H2,1H3,(H,22,23)(H,24,26)(H,25,27)(H,28,29). The maximum atomic E-state index is 12.9. The molecular weight excluding hydrogens is 406 g/mol. The van der Waals surface area contributed by atoms with Crippen LogP contribution in [-0.2, 0) is 27.2 Å². The monoisotopic (exact) mass is 433 g/mol. The number of nitrogens with two attached hydrogens (primary N) is 1. The Morgan fingerprint density at radius 1 is 1.13 bits per heavy atom. The highest BCUT2D eigenvalue weighted by atomic mass is 32.2. The number of hydrogen-bond acceptors (Lipinski definition) is 6. The maximum Gasteiger partial charge on any atom is 0.326 e. The Labute approximate surface area is 179 Å². The first-order valence-electron chi connectivity index (χ1n) is 9.50. The molecule has 0 aliphatic carbocycles. The number of benzene rings is 1. The summed E-state index contributed by atoms with van der Waals surface area (Å²) >= 11 is 1.57. The summed E-state index contributed by atoms with van der Waals surface area (Å²) in [6, 6.07) is 6.12. The van der Waals surface area contributed by atoms with Gasteiger partial charge in [0, 0.05) is 24.7 Å². The highest BCUT2D eigenvalue weighted by Crippen LogP contribution is 2.06. The molecule has 1 aromatic heterocycles. The number of thioether (sulfide) groups is 1. The van der Waals surface area contributed by atoms with Crippen molar-refractivity contribution in [3.63, 3.8) is 0 Å². The third-order valence-corrected chi connectivity index (χ3v) is 5.12. The Balaban J connectivity index is 2.09. The number of nitrogens with zero attached hydrogens (tertiary/aromatic N) is 1. The van der Waals surface area contributed by atoms with E-state index in [1.165, 1.54) is 6.33 Å². The second-order valence-electron chi connectivity index (χ2n) is 6.82. The molecule has 1 heterocycles. The van der Waals surface area contributed by atoms with Crippen LogP contribution in [0.2, 0.25) is 0 Å². The number of nitrogens with one attached hydrogen (secondary N) is 3. The molecule has 1 aromatic carbocycles. The van der Waals surface area contributed by atoms with E-state index >= 15 is 0 Å². The molecule has 30 heavy (non-hydrogen) atoms. The third kappa shape index (κ3) is 7.53. The Morgan fingerprint density at radius 2 is 1.83 bits per heavy atom. The lowest BCUT2D eigenvalue weighted by atomic mass is 10.0. The second kappa shape index (κ2) is 12.0. The molecule has 0 fully saturated rings. The quantitative estimate of drug-likeness (QED) is 0.324. The predicted molar refractivity (Wildman–Crippen MR) is 115 cm³/mol. The topological polar surface area (TPSA) is 150 Å². The predicted octanol–water partition coefficient (Wildman–Crippen LogP) is 0.330. The van der Waals surface area contributed by atoms with Crippen LogP contribution in [0.15, 0.2) is 42.9 Å². The zero-order valence-electron chi connectivity index (χ0n) is 16.7. The molecule has 2 rings (SSSR count). The summed E-state index contributed by atoms with van der Waals surface area (Å²) in [5, 5.41) is 14.7. The first-order chi connectivity index (χ1) is 14.4. The minimum absolute atomic E-state index is 0.125. The van der Waals surface area contributed by atoms with Gasteiger partial charge in [0.05, 0.1) is 12.4 Å². The fourth-order valence-corrected chi connectivity index (χ4v) is 3.29. The van der Waals surface area contributed by atoms with Gasteiger partial charge in [-0.15, -0.1) is 0 Å². The Bertz CT molecular complexity index is 816. The number of aromatic amines is 1. The number of hydrogen-bond donors (Lipinski definition) is 5. The molecule has 9 nitrogen and oxygen atoms in total. The van der Waals surface area contributed by atoms with Crippen LogP contribution in [0.25, 0.3) is 0 Å². The Morgan fingerprint density at radius 3 is 2.43 bits per heavy atom. The van der Waals surface area contributed by atoms with Crippen molar-refractivity contribution in [2.75, 3.05) is 12.0 Å². The van der Waals surface area contributed by atoms with Crippen molar-refractivity contribution in [3.8, 4) is 0 Å². The fraction of sp³-hybridized carbons (Fsp3) is 0.400. The molecule has 0 saturated carbocycles. The number of imidazole rings is 1. The summed E-state index contributed by atoms with van der Waals surface area (Å²) in [6.45, 7) is 0.